The second-order valence-corrected chi connectivity index (χ2v) is 4.18. The van der Waals surface area contributed by atoms with E-state index in [0.717, 1.165) is 5.69 Å². The molecule has 0 saturated heterocycles. The van der Waals surface area contributed by atoms with Crippen molar-refractivity contribution >= 4 is 17.8 Å². The van der Waals surface area contributed by atoms with Crippen LogP contribution in [0.3, 0.4) is 0 Å². The van der Waals surface area contributed by atoms with E-state index in [2.05, 4.69) is 36.1 Å². The van der Waals surface area contributed by atoms with Crippen LogP contribution in [-0.2, 0) is 0 Å². The van der Waals surface area contributed by atoms with Gasteiger partial charge in [-0.25, -0.2) is 14.6 Å². The Balaban J connectivity index is 1.75. The van der Waals surface area contributed by atoms with Gasteiger partial charge in [-0.15, -0.1) is 5.10 Å². The molecule has 9 heteroatoms. The highest BCUT2D eigenvalue weighted by Crippen LogP contribution is 2.15. The van der Waals surface area contributed by atoms with Crippen LogP contribution in [-0.4, -0.2) is 36.2 Å². The average molecular weight is 284 g/mol. The fourth-order valence-corrected chi connectivity index (χ4v) is 1.77. The lowest BCUT2D eigenvalue weighted by atomic mass is 10.3. The predicted molar refractivity (Wildman–Crippen MR) is 75.1 cm³/mol. The molecule has 2 heterocycles. The van der Waals surface area contributed by atoms with Gasteiger partial charge < -0.3 is 0 Å². The number of benzene rings is 1. The van der Waals surface area contributed by atoms with Crippen LogP contribution in [0, 0.1) is 6.92 Å². The summed E-state index contributed by atoms with van der Waals surface area (Å²) in [6.07, 6.45) is 1.30. The van der Waals surface area contributed by atoms with Crippen molar-refractivity contribution in [2.45, 2.75) is 6.92 Å². The topological polar surface area (TPSA) is 113 Å². The molecule has 3 rings (SSSR count). The first-order chi connectivity index (χ1) is 10.2. The van der Waals surface area contributed by atoms with Gasteiger partial charge in [0.1, 0.15) is 6.33 Å². The summed E-state index contributed by atoms with van der Waals surface area (Å²) in [6.45, 7) is 1.82. The summed E-state index contributed by atoms with van der Waals surface area (Å²) >= 11 is 0. The monoisotopic (exact) mass is 284 g/mol. The molecule has 2 aromatic heterocycles. The molecule has 2 amide bonds. The standard InChI is InChI=1S/C12H12N8O/c1-8-10(15-12(21)16-11-13-7-14-18-11)17-19-20(8)9-5-3-2-4-6-9/h2-7H,1H3,(H3,13,14,15,16,18,21). The fourth-order valence-electron chi connectivity index (χ4n) is 1.77. The SMILES string of the molecule is Cc1c(NC(=O)Nc2ncn[nH]2)nnn1-c1ccccc1. The molecule has 0 bridgehead atoms. The number of amides is 2. The molecule has 0 aliphatic carbocycles. The van der Waals surface area contributed by atoms with Crippen molar-refractivity contribution in [2.75, 3.05) is 10.6 Å². The number of urea groups is 1. The van der Waals surface area contributed by atoms with Gasteiger partial charge in [-0.05, 0) is 19.1 Å². The zero-order chi connectivity index (χ0) is 14.7. The van der Waals surface area contributed by atoms with E-state index in [9.17, 15) is 4.79 Å². The van der Waals surface area contributed by atoms with E-state index in [1.54, 1.807) is 4.68 Å². The van der Waals surface area contributed by atoms with Gasteiger partial charge in [-0.3, -0.25) is 10.6 Å². The van der Waals surface area contributed by atoms with E-state index in [1.165, 1.54) is 6.33 Å². The van der Waals surface area contributed by atoms with Crippen LogP contribution >= 0.6 is 0 Å². The van der Waals surface area contributed by atoms with Crippen molar-refractivity contribution in [3.05, 3.63) is 42.4 Å². The Morgan fingerprint density at radius 1 is 1.24 bits per heavy atom. The minimum atomic E-state index is -0.477. The lowest BCUT2D eigenvalue weighted by Gasteiger charge is -2.04. The molecule has 0 aliphatic heterocycles. The lowest BCUT2D eigenvalue weighted by Crippen LogP contribution is -2.21. The first-order valence-electron chi connectivity index (χ1n) is 6.15. The van der Waals surface area contributed by atoms with Gasteiger partial charge in [0.25, 0.3) is 0 Å². The molecule has 0 spiro atoms. The number of H-pyrrole nitrogens is 1. The molecular weight excluding hydrogens is 272 g/mol. The van der Waals surface area contributed by atoms with Crippen LogP contribution in [0.15, 0.2) is 36.7 Å². The Morgan fingerprint density at radius 3 is 2.76 bits per heavy atom. The number of carbonyl (C=O) groups is 1. The summed E-state index contributed by atoms with van der Waals surface area (Å²) in [6, 6.07) is 9.05. The Kier molecular flexibility index (Phi) is 3.29. The number of rotatable bonds is 3. The van der Waals surface area contributed by atoms with Crippen LogP contribution in [0.5, 0.6) is 0 Å². The second kappa shape index (κ2) is 5.41. The van der Waals surface area contributed by atoms with Crippen molar-refractivity contribution in [1.29, 1.82) is 0 Å². The third-order valence-electron chi connectivity index (χ3n) is 2.77. The molecule has 9 nitrogen and oxygen atoms in total. The minimum Gasteiger partial charge on any atom is -0.289 e. The maximum Gasteiger partial charge on any atom is 0.327 e. The third-order valence-corrected chi connectivity index (χ3v) is 2.77. The Hall–Kier alpha value is -3.23. The Bertz CT molecular complexity index is 734. The number of hydrogen-bond acceptors (Lipinski definition) is 5. The average Bonchev–Trinajstić information content (AvgIpc) is 3.11. The quantitative estimate of drug-likeness (QED) is 0.671. The first-order valence-corrected chi connectivity index (χ1v) is 6.15. The van der Waals surface area contributed by atoms with Crippen molar-refractivity contribution in [3.63, 3.8) is 0 Å². The van der Waals surface area contributed by atoms with Gasteiger partial charge in [-0.1, -0.05) is 23.4 Å². The number of aromatic amines is 1. The first kappa shape index (κ1) is 12.8. The van der Waals surface area contributed by atoms with E-state index in [4.69, 9.17) is 0 Å². The molecule has 3 aromatic rings. The van der Waals surface area contributed by atoms with Gasteiger partial charge in [0.05, 0.1) is 11.4 Å². The summed E-state index contributed by atoms with van der Waals surface area (Å²) in [4.78, 5) is 15.6. The molecule has 0 atom stereocenters. The zero-order valence-electron chi connectivity index (χ0n) is 11.1. The molecule has 3 N–H and O–H groups in total. The number of hydrogen-bond donors (Lipinski definition) is 3. The molecular formula is C12H12N8O. The molecule has 0 unspecified atom stereocenters. The van der Waals surface area contributed by atoms with Crippen molar-refractivity contribution in [3.8, 4) is 5.69 Å². The van der Waals surface area contributed by atoms with E-state index in [-0.39, 0.29) is 5.95 Å². The molecule has 0 fully saturated rings. The van der Waals surface area contributed by atoms with Crippen molar-refractivity contribution in [2.24, 2.45) is 0 Å². The van der Waals surface area contributed by atoms with E-state index in [1.807, 2.05) is 37.3 Å². The summed E-state index contributed by atoms with van der Waals surface area (Å²) in [5.41, 5.74) is 1.58. The molecule has 0 aliphatic rings. The van der Waals surface area contributed by atoms with E-state index < -0.39 is 6.03 Å². The second-order valence-electron chi connectivity index (χ2n) is 4.18. The van der Waals surface area contributed by atoms with Crippen LogP contribution < -0.4 is 10.6 Å². The van der Waals surface area contributed by atoms with Crippen molar-refractivity contribution in [1.82, 2.24) is 30.2 Å². The summed E-state index contributed by atoms with van der Waals surface area (Å²) < 4.78 is 1.64. The highest BCUT2D eigenvalue weighted by atomic mass is 16.2. The number of para-hydroxylation sites is 1. The van der Waals surface area contributed by atoms with Crippen molar-refractivity contribution < 1.29 is 4.79 Å². The summed E-state index contributed by atoms with van der Waals surface area (Å²) in [5, 5.41) is 19.2. The zero-order valence-corrected chi connectivity index (χ0v) is 11.1. The lowest BCUT2D eigenvalue weighted by molar-refractivity contribution is 0.262. The number of carbonyl (C=O) groups excluding carboxylic acids is 1. The maximum atomic E-state index is 11.8. The maximum absolute atomic E-state index is 11.8. The fraction of sp³-hybridized carbons (Fsp3) is 0.0833. The molecule has 0 radical (unpaired) electrons. The highest BCUT2D eigenvalue weighted by molar-refractivity contribution is 5.98. The number of anilines is 2. The van der Waals surface area contributed by atoms with Gasteiger partial charge in [-0.2, -0.15) is 10.1 Å². The summed E-state index contributed by atoms with van der Waals surface area (Å²) in [7, 11) is 0. The van der Waals surface area contributed by atoms with Crippen LogP contribution in [0.1, 0.15) is 5.69 Å². The van der Waals surface area contributed by atoms with Crippen LogP contribution in [0.25, 0.3) is 5.69 Å². The molecule has 1 aromatic carbocycles. The number of aromatic nitrogens is 6. The van der Waals surface area contributed by atoms with Crippen LogP contribution in [0.4, 0.5) is 16.6 Å². The highest BCUT2D eigenvalue weighted by Gasteiger charge is 2.13. The number of nitrogens with zero attached hydrogens (tertiary/aromatic N) is 5. The van der Waals surface area contributed by atoms with Crippen LogP contribution in [0.2, 0.25) is 0 Å². The van der Waals surface area contributed by atoms with E-state index >= 15 is 0 Å². The molecule has 0 saturated carbocycles. The minimum absolute atomic E-state index is 0.251. The van der Waals surface area contributed by atoms with Gasteiger partial charge in [0.2, 0.25) is 5.95 Å². The predicted octanol–water partition coefficient (Wildman–Crippen LogP) is 1.34. The Morgan fingerprint density at radius 2 is 2.05 bits per heavy atom. The number of nitrogens with one attached hydrogen (secondary N) is 3. The Labute approximate surface area is 119 Å². The molecule has 106 valence electrons. The van der Waals surface area contributed by atoms with Gasteiger partial charge in [0, 0.05) is 0 Å². The smallest absolute Gasteiger partial charge is 0.289 e. The largest absolute Gasteiger partial charge is 0.327 e. The summed E-state index contributed by atoms with van der Waals surface area (Å²) in [5.74, 6) is 0.622. The van der Waals surface area contributed by atoms with Gasteiger partial charge >= 0.3 is 6.03 Å². The normalized spacial score (nSPS) is 10.3. The van der Waals surface area contributed by atoms with Gasteiger partial charge in [0.15, 0.2) is 5.82 Å². The third kappa shape index (κ3) is 2.71. The molecule has 21 heavy (non-hydrogen) atoms. The van der Waals surface area contributed by atoms with E-state index in [0.29, 0.717) is 11.5 Å².